The highest BCUT2D eigenvalue weighted by Gasteiger charge is 2.33. The minimum Gasteiger partial charge on any atom is -0.497 e. The number of aryl methyl sites for hydroxylation is 2. The van der Waals surface area contributed by atoms with E-state index in [0.29, 0.717) is 11.5 Å². The molecule has 148 valence electrons. The van der Waals surface area contributed by atoms with Crippen LogP contribution in [-0.4, -0.2) is 33.7 Å². The van der Waals surface area contributed by atoms with Crippen molar-refractivity contribution in [3.63, 3.8) is 0 Å². The molecule has 8 heteroatoms. The SMILES string of the molecule is COc1ccc(-c2nc3n(n2)C(C(=O)Nc2ccc(C)cc2C)CC(=O)N3)cc1. The van der Waals surface area contributed by atoms with Crippen LogP contribution in [0.15, 0.2) is 42.5 Å². The molecule has 3 aromatic rings. The van der Waals surface area contributed by atoms with E-state index in [1.165, 1.54) is 4.68 Å². The summed E-state index contributed by atoms with van der Waals surface area (Å²) >= 11 is 0. The molecule has 29 heavy (non-hydrogen) atoms. The summed E-state index contributed by atoms with van der Waals surface area (Å²) in [7, 11) is 1.59. The number of rotatable bonds is 4. The summed E-state index contributed by atoms with van der Waals surface area (Å²) < 4.78 is 6.64. The molecule has 1 aliphatic rings. The number of anilines is 2. The Bertz CT molecular complexity index is 1090. The van der Waals surface area contributed by atoms with E-state index in [1.807, 2.05) is 44.2 Å². The van der Waals surface area contributed by atoms with Crippen LogP contribution in [0.2, 0.25) is 0 Å². The standard InChI is InChI=1S/C21H21N5O3/c1-12-4-9-16(13(2)10-12)22-20(28)17-11-18(27)23-21-24-19(25-26(17)21)14-5-7-15(29-3)8-6-14/h4-10,17H,11H2,1-3H3,(H,22,28)(H,23,24,25,27). The van der Waals surface area contributed by atoms with E-state index in [4.69, 9.17) is 4.74 Å². The average molecular weight is 391 g/mol. The summed E-state index contributed by atoms with van der Waals surface area (Å²) in [5.41, 5.74) is 3.54. The first-order valence-corrected chi connectivity index (χ1v) is 9.23. The predicted molar refractivity (Wildman–Crippen MR) is 109 cm³/mol. The second kappa shape index (κ2) is 7.38. The third kappa shape index (κ3) is 3.69. The maximum atomic E-state index is 12.9. The van der Waals surface area contributed by atoms with Gasteiger partial charge in [-0.2, -0.15) is 4.98 Å². The van der Waals surface area contributed by atoms with Gasteiger partial charge in [0.05, 0.1) is 13.5 Å². The fraction of sp³-hybridized carbons (Fsp3) is 0.238. The van der Waals surface area contributed by atoms with E-state index in [0.717, 1.165) is 22.4 Å². The molecule has 2 aromatic carbocycles. The quantitative estimate of drug-likeness (QED) is 0.712. The lowest BCUT2D eigenvalue weighted by atomic mass is 10.1. The van der Waals surface area contributed by atoms with Gasteiger partial charge in [-0.3, -0.25) is 14.9 Å². The predicted octanol–water partition coefficient (Wildman–Crippen LogP) is 3.09. The first-order chi connectivity index (χ1) is 13.9. The number of aromatic nitrogens is 3. The van der Waals surface area contributed by atoms with Gasteiger partial charge in [-0.05, 0) is 49.7 Å². The lowest BCUT2D eigenvalue weighted by Gasteiger charge is -2.22. The Morgan fingerprint density at radius 3 is 2.66 bits per heavy atom. The number of carbonyl (C=O) groups excluding carboxylic acids is 2. The van der Waals surface area contributed by atoms with Crippen LogP contribution in [-0.2, 0) is 9.59 Å². The lowest BCUT2D eigenvalue weighted by molar-refractivity contribution is -0.125. The van der Waals surface area contributed by atoms with Gasteiger partial charge < -0.3 is 10.1 Å². The van der Waals surface area contributed by atoms with Crippen LogP contribution < -0.4 is 15.4 Å². The summed E-state index contributed by atoms with van der Waals surface area (Å²) in [6.45, 7) is 3.92. The molecule has 2 N–H and O–H groups in total. The average Bonchev–Trinajstić information content (AvgIpc) is 3.13. The second-order valence-corrected chi connectivity index (χ2v) is 7.01. The second-order valence-electron chi connectivity index (χ2n) is 7.01. The van der Waals surface area contributed by atoms with Gasteiger partial charge in [0.25, 0.3) is 0 Å². The smallest absolute Gasteiger partial charge is 0.249 e. The molecule has 0 radical (unpaired) electrons. The number of nitrogens with one attached hydrogen (secondary N) is 2. The van der Waals surface area contributed by atoms with Crippen LogP contribution >= 0.6 is 0 Å². The Balaban J connectivity index is 1.63. The molecule has 2 amide bonds. The van der Waals surface area contributed by atoms with Crippen molar-refractivity contribution in [2.75, 3.05) is 17.7 Å². The number of methoxy groups -OCH3 is 1. The van der Waals surface area contributed by atoms with Crippen molar-refractivity contribution in [3.8, 4) is 17.1 Å². The van der Waals surface area contributed by atoms with E-state index in [9.17, 15) is 9.59 Å². The van der Waals surface area contributed by atoms with Crippen LogP contribution in [0, 0.1) is 13.8 Å². The maximum Gasteiger partial charge on any atom is 0.249 e. The van der Waals surface area contributed by atoms with Crippen molar-refractivity contribution >= 4 is 23.5 Å². The van der Waals surface area contributed by atoms with E-state index >= 15 is 0 Å². The Morgan fingerprint density at radius 1 is 1.21 bits per heavy atom. The Kier molecular flexibility index (Phi) is 4.75. The third-order valence-electron chi connectivity index (χ3n) is 4.85. The number of carbonyl (C=O) groups is 2. The van der Waals surface area contributed by atoms with Crippen LogP contribution in [0.1, 0.15) is 23.6 Å². The van der Waals surface area contributed by atoms with Gasteiger partial charge >= 0.3 is 0 Å². The van der Waals surface area contributed by atoms with Gasteiger partial charge in [-0.25, -0.2) is 4.68 Å². The summed E-state index contributed by atoms with van der Waals surface area (Å²) in [5, 5.41) is 10.1. The van der Waals surface area contributed by atoms with Gasteiger partial charge in [-0.15, -0.1) is 5.10 Å². The fourth-order valence-electron chi connectivity index (χ4n) is 3.30. The molecule has 0 fully saturated rings. The van der Waals surface area contributed by atoms with Crippen molar-refractivity contribution in [2.45, 2.75) is 26.3 Å². The summed E-state index contributed by atoms with van der Waals surface area (Å²) in [4.78, 5) is 29.5. The molecular formula is C21H21N5O3. The largest absolute Gasteiger partial charge is 0.497 e. The number of ether oxygens (including phenoxy) is 1. The zero-order valence-electron chi connectivity index (χ0n) is 16.4. The molecule has 2 heterocycles. The number of hydrogen-bond donors (Lipinski definition) is 2. The molecule has 0 saturated heterocycles. The van der Waals surface area contributed by atoms with Crippen molar-refractivity contribution in [3.05, 3.63) is 53.6 Å². The first kappa shape index (κ1) is 18.7. The highest BCUT2D eigenvalue weighted by Crippen LogP contribution is 2.28. The molecule has 0 bridgehead atoms. The fourth-order valence-corrected chi connectivity index (χ4v) is 3.30. The van der Waals surface area contributed by atoms with Gasteiger partial charge in [0.2, 0.25) is 17.8 Å². The topological polar surface area (TPSA) is 98.1 Å². The monoisotopic (exact) mass is 391 g/mol. The van der Waals surface area contributed by atoms with Crippen molar-refractivity contribution in [1.29, 1.82) is 0 Å². The number of benzene rings is 2. The van der Waals surface area contributed by atoms with Gasteiger partial charge in [0.1, 0.15) is 11.8 Å². The zero-order valence-corrected chi connectivity index (χ0v) is 16.4. The van der Waals surface area contributed by atoms with E-state index < -0.39 is 6.04 Å². The van der Waals surface area contributed by atoms with Gasteiger partial charge in [0, 0.05) is 11.3 Å². The molecule has 1 atom stereocenters. The Morgan fingerprint density at radius 2 is 1.97 bits per heavy atom. The molecule has 1 unspecified atom stereocenters. The highest BCUT2D eigenvalue weighted by molar-refractivity contribution is 6.01. The molecule has 4 rings (SSSR count). The molecule has 1 aliphatic heterocycles. The van der Waals surface area contributed by atoms with Crippen molar-refractivity contribution in [1.82, 2.24) is 14.8 Å². The van der Waals surface area contributed by atoms with Gasteiger partial charge in [-0.1, -0.05) is 17.7 Å². The lowest BCUT2D eigenvalue weighted by Crippen LogP contribution is -2.36. The molecule has 8 nitrogen and oxygen atoms in total. The first-order valence-electron chi connectivity index (χ1n) is 9.23. The van der Waals surface area contributed by atoms with Crippen LogP contribution in [0.3, 0.4) is 0 Å². The van der Waals surface area contributed by atoms with Crippen LogP contribution in [0.4, 0.5) is 11.6 Å². The number of fused-ring (bicyclic) bond motifs is 1. The summed E-state index contributed by atoms with van der Waals surface area (Å²) in [6.07, 6.45) is -0.00481. The van der Waals surface area contributed by atoms with Crippen molar-refractivity contribution < 1.29 is 14.3 Å². The third-order valence-corrected chi connectivity index (χ3v) is 4.85. The zero-order chi connectivity index (χ0) is 20.5. The Labute approximate surface area is 167 Å². The number of nitrogens with zero attached hydrogens (tertiary/aromatic N) is 3. The molecule has 0 saturated carbocycles. The molecule has 0 spiro atoms. The van der Waals surface area contributed by atoms with E-state index in [-0.39, 0.29) is 24.2 Å². The van der Waals surface area contributed by atoms with Gasteiger partial charge in [0.15, 0.2) is 5.82 Å². The summed E-state index contributed by atoms with van der Waals surface area (Å²) in [6, 6.07) is 12.3. The Hall–Kier alpha value is -3.68. The molecule has 1 aromatic heterocycles. The van der Waals surface area contributed by atoms with Crippen molar-refractivity contribution in [2.24, 2.45) is 0 Å². The minimum atomic E-state index is -0.779. The minimum absolute atomic E-state index is 0.00481. The van der Waals surface area contributed by atoms with E-state index in [1.54, 1.807) is 19.2 Å². The number of hydrogen-bond acceptors (Lipinski definition) is 5. The van der Waals surface area contributed by atoms with Crippen LogP contribution in [0.25, 0.3) is 11.4 Å². The maximum absolute atomic E-state index is 12.9. The molecule has 0 aliphatic carbocycles. The van der Waals surface area contributed by atoms with E-state index in [2.05, 4.69) is 20.7 Å². The summed E-state index contributed by atoms with van der Waals surface area (Å²) in [5.74, 6) is 0.824. The highest BCUT2D eigenvalue weighted by atomic mass is 16.5. The number of amides is 2. The van der Waals surface area contributed by atoms with Crippen LogP contribution in [0.5, 0.6) is 5.75 Å². The molecular weight excluding hydrogens is 370 g/mol. The normalized spacial score (nSPS) is 15.4.